The Morgan fingerprint density at radius 1 is 1.30 bits per heavy atom. The highest BCUT2D eigenvalue weighted by Gasteiger charge is 2.33. The van der Waals surface area contributed by atoms with Crippen molar-refractivity contribution in [3.8, 4) is 0 Å². The molecule has 0 saturated carbocycles. The first-order chi connectivity index (χ1) is 13.0. The van der Waals surface area contributed by atoms with Crippen LogP contribution in [-0.4, -0.2) is 39.3 Å². The van der Waals surface area contributed by atoms with Crippen molar-refractivity contribution in [2.75, 3.05) is 6.54 Å². The first kappa shape index (κ1) is 17.2. The number of amides is 2. The molecule has 2 aromatic carbocycles. The molecule has 1 aromatic heterocycles. The summed E-state index contributed by atoms with van der Waals surface area (Å²) in [6.45, 7) is 3.06. The van der Waals surface area contributed by atoms with Crippen LogP contribution in [0.4, 0.5) is 4.39 Å². The number of halogens is 1. The largest absolute Gasteiger partial charge is 0.345 e. The number of hydrogen-bond donors (Lipinski definition) is 2. The maximum Gasteiger partial charge on any atom is 0.254 e. The van der Waals surface area contributed by atoms with E-state index in [0.717, 1.165) is 11.1 Å². The molecule has 138 valence electrons. The molecule has 1 atom stereocenters. The fourth-order valence-electron chi connectivity index (χ4n) is 3.33. The lowest BCUT2D eigenvalue weighted by Gasteiger charge is -2.17. The third-order valence-corrected chi connectivity index (χ3v) is 4.87. The minimum absolute atomic E-state index is 0.112. The number of nitrogens with zero attached hydrogens (tertiary/aromatic N) is 2. The number of fused-ring (bicyclic) bond motifs is 1. The molecule has 27 heavy (non-hydrogen) atoms. The number of carbonyl (C=O) groups is 2. The lowest BCUT2D eigenvalue weighted by molar-refractivity contribution is -0.129. The Bertz CT molecular complexity index is 1010. The molecule has 0 spiro atoms. The summed E-state index contributed by atoms with van der Waals surface area (Å²) >= 11 is 0. The van der Waals surface area contributed by atoms with Gasteiger partial charge in [0.1, 0.15) is 11.6 Å². The highest BCUT2D eigenvalue weighted by Crippen LogP contribution is 2.20. The van der Waals surface area contributed by atoms with Crippen molar-refractivity contribution in [1.82, 2.24) is 20.2 Å². The van der Waals surface area contributed by atoms with E-state index in [1.807, 2.05) is 31.2 Å². The van der Waals surface area contributed by atoms with Gasteiger partial charge in [-0.2, -0.15) is 0 Å². The Kier molecular flexibility index (Phi) is 4.35. The van der Waals surface area contributed by atoms with E-state index in [1.54, 1.807) is 11.0 Å². The molecule has 2 amide bonds. The first-order valence-electron chi connectivity index (χ1n) is 8.79. The van der Waals surface area contributed by atoms with Gasteiger partial charge in [0.25, 0.3) is 5.91 Å². The number of rotatable bonds is 4. The van der Waals surface area contributed by atoms with Crippen LogP contribution in [-0.2, 0) is 11.3 Å². The SMILES string of the molecule is Cc1ccc(CN2CCC(NC(=O)c3ccc4[nH]cnc4c3F)C2=O)cc1. The molecule has 3 aromatic rings. The summed E-state index contributed by atoms with van der Waals surface area (Å²) in [6, 6.07) is 10.3. The lowest BCUT2D eigenvalue weighted by Crippen LogP contribution is -2.41. The summed E-state index contributed by atoms with van der Waals surface area (Å²) in [5, 5.41) is 2.66. The zero-order chi connectivity index (χ0) is 19.0. The zero-order valence-corrected chi connectivity index (χ0v) is 14.8. The van der Waals surface area contributed by atoms with Crippen LogP contribution in [0.25, 0.3) is 11.0 Å². The van der Waals surface area contributed by atoms with E-state index in [0.29, 0.717) is 25.0 Å². The standard InChI is InChI=1S/C20H19FN4O2/c1-12-2-4-13(5-3-12)10-25-9-8-16(20(25)27)24-19(26)14-6-7-15-18(17(14)21)23-11-22-15/h2-7,11,16H,8-10H2,1H3,(H,22,23)(H,24,26). The van der Waals surface area contributed by atoms with Gasteiger partial charge in [0, 0.05) is 13.1 Å². The van der Waals surface area contributed by atoms with E-state index in [1.165, 1.54) is 12.4 Å². The van der Waals surface area contributed by atoms with Gasteiger partial charge >= 0.3 is 0 Å². The number of hydrogen-bond acceptors (Lipinski definition) is 3. The molecule has 2 heterocycles. The highest BCUT2D eigenvalue weighted by molar-refractivity contribution is 6.00. The first-order valence-corrected chi connectivity index (χ1v) is 8.79. The predicted octanol–water partition coefficient (Wildman–Crippen LogP) is 2.54. The van der Waals surface area contributed by atoms with Gasteiger partial charge in [-0.1, -0.05) is 29.8 Å². The Balaban J connectivity index is 1.44. The molecule has 6 nitrogen and oxygen atoms in total. The van der Waals surface area contributed by atoms with Crippen LogP contribution >= 0.6 is 0 Å². The Morgan fingerprint density at radius 2 is 2.07 bits per heavy atom. The number of carbonyl (C=O) groups excluding carboxylic acids is 2. The van der Waals surface area contributed by atoms with Crippen molar-refractivity contribution < 1.29 is 14.0 Å². The van der Waals surface area contributed by atoms with E-state index in [4.69, 9.17) is 0 Å². The van der Waals surface area contributed by atoms with Crippen molar-refractivity contribution in [3.63, 3.8) is 0 Å². The van der Waals surface area contributed by atoms with E-state index in [9.17, 15) is 14.0 Å². The lowest BCUT2D eigenvalue weighted by atomic mass is 10.1. The molecule has 7 heteroatoms. The smallest absolute Gasteiger partial charge is 0.254 e. The average molecular weight is 366 g/mol. The van der Waals surface area contributed by atoms with Crippen molar-refractivity contribution in [3.05, 3.63) is 65.2 Å². The van der Waals surface area contributed by atoms with Crippen LogP contribution in [0.2, 0.25) is 0 Å². The number of nitrogens with one attached hydrogen (secondary N) is 2. The summed E-state index contributed by atoms with van der Waals surface area (Å²) in [4.78, 5) is 33.5. The van der Waals surface area contributed by atoms with Gasteiger partial charge < -0.3 is 15.2 Å². The van der Waals surface area contributed by atoms with Crippen molar-refractivity contribution in [2.45, 2.75) is 25.9 Å². The number of aromatic amines is 1. The minimum Gasteiger partial charge on any atom is -0.345 e. The molecule has 1 unspecified atom stereocenters. The van der Waals surface area contributed by atoms with Crippen molar-refractivity contribution >= 4 is 22.8 Å². The van der Waals surface area contributed by atoms with Gasteiger partial charge in [0.2, 0.25) is 5.91 Å². The van der Waals surface area contributed by atoms with Crippen LogP contribution in [0.1, 0.15) is 27.9 Å². The van der Waals surface area contributed by atoms with Crippen LogP contribution in [0.15, 0.2) is 42.7 Å². The van der Waals surface area contributed by atoms with Gasteiger partial charge in [-0.3, -0.25) is 9.59 Å². The molecule has 1 saturated heterocycles. The number of imidazole rings is 1. The topological polar surface area (TPSA) is 78.1 Å². The van der Waals surface area contributed by atoms with Crippen LogP contribution in [0, 0.1) is 12.7 Å². The second-order valence-electron chi connectivity index (χ2n) is 6.79. The highest BCUT2D eigenvalue weighted by atomic mass is 19.1. The molecule has 0 aliphatic carbocycles. The fourth-order valence-corrected chi connectivity index (χ4v) is 3.33. The monoisotopic (exact) mass is 366 g/mol. The van der Waals surface area contributed by atoms with Crippen molar-refractivity contribution in [1.29, 1.82) is 0 Å². The Hall–Kier alpha value is -3.22. The molecule has 4 rings (SSSR count). The summed E-state index contributed by atoms with van der Waals surface area (Å²) in [5.41, 5.74) is 2.72. The summed E-state index contributed by atoms with van der Waals surface area (Å²) in [6.07, 6.45) is 1.88. The van der Waals surface area contributed by atoms with E-state index in [-0.39, 0.29) is 17.0 Å². The molecule has 0 bridgehead atoms. The number of aryl methyl sites for hydroxylation is 1. The van der Waals surface area contributed by atoms with E-state index in [2.05, 4.69) is 15.3 Å². The van der Waals surface area contributed by atoms with E-state index >= 15 is 0 Å². The number of H-pyrrole nitrogens is 1. The normalized spacial score (nSPS) is 16.9. The third kappa shape index (κ3) is 3.28. The zero-order valence-electron chi connectivity index (χ0n) is 14.8. The molecule has 1 fully saturated rings. The molecule has 0 radical (unpaired) electrons. The second kappa shape index (κ2) is 6.83. The molecular weight excluding hydrogens is 347 g/mol. The van der Waals surface area contributed by atoms with Gasteiger partial charge in [0.15, 0.2) is 5.82 Å². The van der Waals surface area contributed by atoms with Crippen LogP contribution in [0.5, 0.6) is 0 Å². The van der Waals surface area contributed by atoms with Crippen molar-refractivity contribution in [2.24, 2.45) is 0 Å². The number of benzene rings is 2. The van der Waals surface area contributed by atoms with Gasteiger partial charge in [-0.05, 0) is 31.0 Å². The van der Waals surface area contributed by atoms with Gasteiger partial charge in [-0.15, -0.1) is 0 Å². The fraction of sp³-hybridized carbons (Fsp3) is 0.250. The molecule has 1 aliphatic rings. The minimum atomic E-state index is -0.687. The predicted molar refractivity (Wildman–Crippen MR) is 98.5 cm³/mol. The third-order valence-electron chi connectivity index (χ3n) is 4.87. The summed E-state index contributed by atoms with van der Waals surface area (Å²) in [5.74, 6) is -1.44. The van der Waals surface area contributed by atoms with Crippen LogP contribution < -0.4 is 5.32 Å². The number of likely N-dealkylation sites (tertiary alicyclic amines) is 1. The maximum atomic E-state index is 14.5. The second-order valence-corrected chi connectivity index (χ2v) is 6.79. The molecular formula is C20H19FN4O2. The molecule has 1 aliphatic heterocycles. The quantitative estimate of drug-likeness (QED) is 0.745. The Morgan fingerprint density at radius 3 is 2.85 bits per heavy atom. The van der Waals surface area contributed by atoms with Gasteiger partial charge in [0.05, 0.1) is 17.4 Å². The Labute approximate surface area is 155 Å². The summed E-state index contributed by atoms with van der Waals surface area (Å²) < 4.78 is 14.5. The number of aromatic nitrogens is 2. The van der Waals surface area contributed by atoms with Gasteiger partial charge in [-0.25, -0.2) is 9.37 Å². The average Bonchev–Trinajstić information content (AvgIpc) is 3.26. The maximum absolute atomic E-state index is 14.5. The van der Waals surface area contributed by atoms with Crippen LogP contribution in [0.3, 0.4) is 0 Å². The molecule has 2 N–H and O–H groups in total. The van der Waals surface area contributed by atoms with E-state index < -0.39 is 17.8 Å². The summed E-state index contributed by atoms with van der Waals surface area (Å²) in [7, 11) is 0.